The molecule has 148 valence electrons. The lowest BCUT2D eigenvalue weighted by Gasteiger charge is -2.21. The first kappa shape index (κ1) is 21.3. The third kappa shape index (κ3) is 4.28. The first-order chi connectivity index (χ1) is 12.8. The predicted octanol–water partition coefficient (Wildman–Crippen LogP) is 4.54. The first-order valence-corrected chi connectivity index (χ1v) is 9.11. The average Bonchev–Trinajstić information content (AvgIpc) is 2.59. The molecule has 0 aliphatic carbocycles. The van der Waals surface area contributed by atoms with Crippen LogP contribution in [0.4, 0.5) is 18.9 Å². The van der Waals surface area contributed by atoms with Crippen molar-refractivity contribution in [3.05, 3.63) is 46.5 Å². The second-order valence-electron chi connectivity index (χ2n) is 6.72. The highest BCUT2D eigenvalue weighted by Crippen LogP contribution is 2.36. The topological polar surface area (TPSA) is 109 Å². The minimum absolute atomic E-state index is 0.100. The van der Waals surface area contributed by atoms with Crippen LogP contribution in [0.1, 0.15) is 32.0 Å². The molecule has 0 amide bonds. The minimum atomic E-state index is -6.03. The van der Waals surface area contributed by atoms with Crippen LogP contribution < -0.4 is 4.18 Å². The van der Waals surface area contributed by atoms with Gasteiger partial charge in [0.15, 0.2) is 0 Å². The summed E-state index contributed by atoms with van der Waals surface area (Å²) in [7, 11) is -6.03. The minimum Gasteiger partial charge on any atom is -0.354 e. The maximum atomic E-state index is 12.7. The molecule has 0 atom stereocenters. The molecule has 0 bridgehead atoms. The highest BCUT2D eigenvalue weighted by Gasteiger charge is 2.49. The fourth-order valence-electron chi connectivity index (χ4n) is 2.15. The van der Waals surface area contributed by atoms with Gasteiger partial charge in [-0.05, 0) is 28.9 Å². The van der Waals surface area contributed by atoms with Gasteiger partial charge in [0.1, 0.15) is 17.3 Å². The maximum Gasteiger partial charge on any atom is 0.534 e. The van der Waals surface area contributed by atoms with E-state index in [4.69, 9.17) is 0 Å². The number of pyridine rings is 1. The molecule has 28 heavy (non-hydrogen) atoms. The molecule has 0 radical (unpaired) electrons. The second kappa shape index (κ2) is 7.20. The molecule has 7 nitrogen and oxygen atoms in total. The molecule has 0 N–H and O–H groups in total. The zero-order valence-corrected chi connectivity index (χ0v) is 15.7. The van der Waals surface area contributed by atoms with E-state index in [-0.39, 0.29) is 16.9 Å². The third-order valence-corrected chi connectivity index (χ3v) is 4.57. The Morgan fingerprint density at radius 2 is 1.71 bits per heavy atom. The van der Waals surface area contributed by atoms with Crippen LogP contribution in [-0.4, -0.2) is 18.9 Å². The fraction of sp³-hybridized carbons (Fsp3) is 0.294. The van der Waals surface area contributed by atoms with Gasteiger partial charge < -0.3 is 4.18 Å². The number of hydrogen-bond donors (Lipinski definition) is 0. The summed E-state index contributed by atoms with van der Waals surface area (Å²) >= 11 is 0. The van der Waals surface area contributed by atoms with Crippen molar-refractivity contribution >= 4 is 15.8 Å². The highest BCUT2D eigenvalue weighted by atomic mass is 32.2. The van der Waals surface area contributed by atoms with Gasteiger partial charge in [0, 0.05) is 11.0 Å². The SMILES string of the molecule is CC(C)(C)c1cc(-c2ccc(N=O)cc2)c(C#N)c(OS(=O)(=O)C(F)(F)F)n1. The third-order valence-electron chi connectivity index (χ3n) is 3.62. The van der Waals surface area contributed by atoms with Crippen molar-refractivity contribution in [3.8, 4) is 23.1 Å². The van der Waals surface area contributed by atoms with Gasteiger partial charge in [-0.15, -0.1) is 4.91 Å². The molecule has 1 aromatic heterocycles. The van der Waals surface area contributed by atoms with E-state index < -0.39 is 32.5 Å². The van der Waals surface area contributed by atoms with E-state index in [0.29, 0.717) is 5.56 Å². The van der Waals surface area contributed by atoms with Crippen molar-refractivity contribution in [2.75, 3.05) is 0 Å². The van der Waals surface area contributed by atoms with Gasteiger partial charge in [0.05, 0.1) is 5.69 Å². The molecule has 0 aliphatic rings. The van der Waals surface area contributed by atoms with Crippen molar-refractivity contribution in [3.63, 3.8) is 0 Å². The van der Waals surface area contributed by atoms with Crippen LogP contribution in [-0.2, 0) is 15.5 Å². The zero-order chi connectivity index (χ0) is 21.3. The van der Waals surface area contributed by atoms with Crippen molar-refractivity contribution in [1.82, 2.24) is 4.98 Å². The van der Waals surface area contributed by atoms with Gasteiger partial charge >= 0.3 is 15.6 Å². The summed E-state index contributed by atoms with van der Waals surface area (Å²) < 4.78 is 65.3. The number of halogens is 3. The number of hydrogen-bond acceptors (Lipinski definition) is 7. The van der Waals surface area contributed by atoms with Crippen molar-refractivity contribution in [2.45, 2.75) is 31.7 Å². The van der Waals surface area contributed by atoms with Crippen molar-refractivity contribution in [1.29, 1.82) is 5.26 Å². The molecule has 0 spiro atoms. The number of alkyl halides is 3. The summed E-state index contributed by atoms with van der Waals surface area (Å²) in [5.74, 6) is -0.972. The van der Waals surface area contributed by atoms with Crippen LogP contribution in [0.5, 0.6) is 5.88 Å². The van der Waals surface area contributed by atoms with E-state index >= 15 is 0 Å². The van der Waals surface area contributed by atoms with Crippen LogP contribution in [0, 0.1) is 16.2 Å². The summed E-state index contributed by atoms with van der Waals surface area (Å²) in [6, 6.07) is 8.61. The Morgan fingerprint density at radius 3 is 2.14 bits per heavy atom. The summed E-state index contributed by atoms with van der Waals surface area (Å²) in [5.41, 5.74) is -6.13. The summed E-state index contributed by atoms with van der Waals surface area (Å²) in [6.45, 7) is 5.10. The van der Waals surface area contributed by atoms with Gasteiger partial charge in [-0.3, -0.25) is 0 Å². The van der Waals surface area contributed by atoms with Crippen LogP contribution >= 0.6 is 0 Å². The summed E-state index contributed by atoms with van der Waals surface area (Å²) in [5, 5.41) is 12.2. The molecule has 2 rings (SSSR count). The van der Waals surface area contributed by atoms with Crippen molar-refractivity contribution < 1.29 is 25.8 Å². The smallest absolute Gasteiger partial charge is 0.354 e. The molecule has 1 heterocycles. The second-order valence-corrected chi connectivity index (χ2v) is 8.26. The van der Waals surface area contributed by atoms with E-state index in [1.807, 2.05) is 0 Å². The largest absolute Gasteiger partial charge is 0.534 e. The first-order valence-electron chi connectivity index (χ1n) is 7.70. The Morgan fingerprint density at radius 1 is 1.14 bits per heavy atom. The number of nitriles is 1. The Bertz CT molecular complexity index is 1050. The van der Waals surface area contributed by atoms with Gasteiger partial charge in [-0.2, -0.15) is 26.9 Å². The van der Waals surface area contributed by atoms with Gasteiger partial charge in [0.2, 0.25) is 0 Å². The van der Waals surface area contributed by atoms with E-state index in [1.54, 1.807) is 26.8 Å². The maximum absolute atomic E-state index is 12.7. The van der Waals surface area contributed by atoms with Crippen LogP contribution in [0.15, 0.2) is 35.5 Å². The van der Waals surface area contributed by atoms with E-state index in [0.717, 1.165) is 0 Å². The normalized spacial score (nSPS) is 12.3. The lowest BCUT2D eigenvalue weighted by atomic mass is 9.88. The summed E-state index contributed by atoms with van der Waals surface area (Å²) in [6.07, 6.45) is 0. The Balaban J connectivity index is 2.78. The lowest BCUT2D eigenvalue weighted by molar-refractivity contribution is -0.0501. The number of rotatable bonds is 4. The monoisotopic (exact) mass is 413 g/mol. The van der Waals surface area contributed by atoms with Crippen molar-refractivity contribution in [2.24, 2.45) is 5.18 Å². The number of nitroso groups, excluding NO2 is 1. The van der Waals surface area contributed by atoms with Gasteiger partial charge in [-0.1, -0.05) is 32.9 Å². The Kier molecular flexibility index (Phi) is 5.48. The lowest BCUT2D eigenvalue weighted by Crippen LogP contribution is -2.29. The Hall–Kier alpha value is -3.00. The number of aromatic nitrogens is 1. The van der Waals surface area contributed by atoms with E-state index in [1.165, 1.54) is 30.3 Å². The number of benzene rings is 1. The molecule has 2 aromatic rings. The Labute approximate surface area is 158 Å². The van der Waals surface area contributed by atoms with Crippen LogP contribution in [0.3, 0.4) is 0 Å². The highest BCUT2D eigenvalue weighted by molar-refractivity contribution is 7.87. The van der Waals surface area contributed by atoms with Crippen LogP contribution in [0.2, 0.25) is 0 Å². The zero-order valence-electron chi connectivity index (χ0n) is 14.9. The molecule has 1 aromatic carbocycles. The van der Waals surface area contributed by atoms with Gasteiger partial charge in [0.25, 0.3) is 5.88 Å². The molecular weight excluding hydrogens is 399 g/mol. The van der Waals surface area contributed by atoms with E-state index in [9.17, 15) is 31.8 Å². The molecule has 0 saturated carbocycles. The van der Waals surface area contributed by atoms with Crippen LogP contribution in [0.25, 0.3) is 11.1 Å². The molecule has 0 aliphatic heterocycles. The average molecular weight is 413 g/mol. The number of nitrogens with zero attached hydrogens (tertiary/aromatic N) is 3. The predicted molar refractivity (Wildman–Crippen MR) is 94.1 cm³/mol. The molecule has 0 saturated heterocycles. The van der Waals surface area contributed by atoms with Gasteiger partial charge in [-0.25, -0.2) is 4.98 Å². The fourth-order valence-corrected chi connectivity index (χ4v) is 2.58. The molecule has 0 unspecified atom stereocenters. The molecule has 0 fully saturated rings. The summed E-state index contributed by atoms with van der Waals surface area (Å²) in [4.78, 5) is 14.4. The molecular formula is C17H14F3N3O4S. The quantitative estimate of drug-likeness (QED) is 0.413. The van der Waals surface area contributed by atoms with E-state index in [2.05, 4.69) is 14.3 Å². The molecule has 11 heteroatoms. The standard InChI is InChI=1S/C17H14F3N3O4S/c1-16(2,3)14-8-12(10-4-6-11(23-24)7-5-10)13(9-21)15(22-14)27-28(25,26)17(18,19)20/h4-8H,1-3H3.